The second kappa shape index (κ2) is 6.24. The highest BCUT2D eigenvalue weighted by atomic mass is 35.5. The van der Waals surface area contributed by atoms with E-state index < -0.39 is 0 Å². The van der Waals surface area contributed by atoms with Crippen LogP contribution in [0.25, 0.3) is 0 Å². The van der Waals surface area contributed by atoms with Crippen LogP contribution in [0.15, 0.2) is 24.3 Å². The van der Waals surface area contributed by atoms with Gasteiger partial charge >= 0.3 is 0 Å². The molecule has 0 aliphatic heterocycles. The van der Waals surface area contributed by atoms with E-state index in [0.29, 0.717) is 18.2 Å². The van der Waals surface area contributed by atoms with E-state index >= 15 is 0 Å². The van der Waals surface area contributed by atoms with E-state index in [4.69, 9.17) is 11.6 Å². The average Bonchev–Trinajstić information content (AvgIpc) is 2.79. The summed E-state index contributed by atoms with van der Waals surface area (Å²) in [4.78, 5) is 12.0. The molecule has 1 aliphatic rings. The minimum absolute atomic E-state index is 0.112. The van der Waals surface area contributed by atoms with Gasteiger partial charge in [0, 0.05) is 11.9 Å². The van der Waals surface area contributed by atoms with E-state index in [1.165, 1.54) is 12.0 Å². The Kier molecular flexibility index (Phi) is 4.65. The highest BCUT2D eigenvalue weighted by Gasteiger charge is 2.27. The van der Waals surface area contributed by atoms with Crippen LogP contribution in [0, 0.1) is 12.8 Å². The number of rotatable bonds is 4. The molecule has 0 heterocycles. The Morgan fingerprint density at radius 3 is 2.72 bits per heavy atom. The SMILES string of the molecule is Cc1ccc(CC(=O)NC2CCCC2CCl)cc1. The zero-order valence-corrected chi connectivity index (χ0v) is 11.5. The first-order valence-electron chi connectivity index (χ1n) is 6.60. The van der Waals surface area contributed by atoms with Crippen molar-refractivity contribution in [3.05, 3.63) is 35.4 Å². The molecule has 98 valence electrons. The maximum absolute atomic E-state index is 12.0. The van der Waals surface area contributed by atoms with Crippen molar-refractivity contribution in [1.29, 1.82) is 0 Å². The number of amides is 1. The van der Waals surface area contributed by atoms with Crippen LogP contribution in [0.2, 0.25) is 0 Å². The maximum Gasteiger partial charge on any atom is 0.224 e. The van der Waals surface area contributed by atoms with E-state index in [-0.39, 0.29) is 11.9 Å². The molecule has 1 amide bonds. The number of carbonyl (C=O) groups is 1. The number of halogens is 1. The summed E-state index contributed by atoms with van der Waals surface area (Å²) in [6.45, 7) is 2.05. The number of alkyl halides is 1. The first kappa shape index (κ1) is 13.4. The Morgan fingerprint density at radius 1 is 1.33 bits per heavy atom. The smallest absolute Gasteiger partial charge is 0.224 e. The van der Waals surface area contributed by atoms with Crippen molar-refractivity contribution in [2.24, 2.45) is 5.92 Å². The standard InChI is InChI=1S/C15H20ClNO/c1-11-5-7-12(8-6-11)9-15(18)17-14-4-2-3-13(14)10-16/h5-8,13-14H,2-4,9-10H2,1H3,(H,17,18). The van der Waals surface area contributed by atoms with Crippen molar-refractivity contribution in [3.8, 4) is 0 Å². The van der Waals surface area contributed by atoms with Gasteiger partial charge < -0.3 is 5.32 Å². The average molecular weight is 266 g/mol. The molecule has 0 bridgehead atoms. The number of hydrogen-bond acceptors (Lipinski definition) is 1. The van der Waals surface area contributed by atoms with E-state index in [0.717, 1.165) is 18.4 Å². The molecule has 1 aromatic carbocycles. The second-order valence-corrected chi connectivity index (χ2v) is 5.49. The van der Waals surface area contributed by atoms with Gasteiger partial charge in [-0.1, -0.05) is 36.2 Å². The minimum atomic E-state index is 0.112. The van der Waals surface area contributed by atoms with Crippen LogP contribution in [-0.2, 0) is 11.2 Å². The third-order valence-electron chi connectivity index (χ3n) is 3.69. The summed E-state index contributed by atoms with van der Waals surface area (Å²) in [5.41, 5.74) is 2.29. The molecule has 2 atom stereocenters. The van der Waals surface area contributed by atoms with Crippen molar-refractivity contribution < 1.29 is 4.79 Å². The Hall–Kier alpha value is -1.02. The van der Waals surface area contributed by atoms with E-state index in [1.807, 2.05) is 31.2 Å². The van der Waals surface area contributed by atoms with E-state index in [2.05, 4.69) is 5.32 Å². The number of hydrogen-bond donors (Lipinski definition) is 1. The van der Waals surface area contributed by atoms with Crippen LogP contribution in [-0.4, -0.2) is 17.8 Å². The fourth-order valence-corrected chi connectivity index (χ4v) is 2.93. The molecule has 0 radical (unpaired) electrons. The van der Waals surface area contributed by atoms with Crippen molar-refractivity contribution in [2.45, 2.75) is 38.6 Å². The Bertz CT molecular complexity index is 401. The van der Waals surface area contributed by atoms with Gasteiger partial charge in [0.05, 0.1) is 6.42 Å². The summed E-state index contributed by atoms with van der Waals surface area (Å²) < 4.78 is 0. The summed E-state index contributed by atoms with van der Waals surface area (Å²) in [6, 6.07) is 8.39. The summed E-state index contributed by atoms with van der Waals surface area (Å²) in [7, 11) is 0. The van der Waals surface area contributed by atoms with Gasteiger partial charge in [-0.3, -0.25) is 4.79 Å². The summed E-state index contributed by atoms with van der Waals surface area (Å²) in [5, 5.41) is 3.12. The topological polar surface area (TPSA) is 29.1 Å². The van der Waals surface area contributed by atoms with Crippen molar-refractivity contribution in [1.82, 2.24) is 5.32 Å². The molecule has 1 aromatic rings. The van der Waals surface area contributed by atoms with Crippen LogP contribution in [0.5, 0.6) is 0 Å². The molecule has 0 saturated heterocycles. The predicted molar refractivity (Wildman–Crippen MR) is 74.9 cm³/mol. The lowest BCUT2D eigenvalue weighted by Gasteiger charge is -2.18. The molecule has 3 heteroatoms. The number of carbonyl (C=O) groups excluding carboxylic acids is 1. The van der Waals surface area contributed by atoms with Gasteiger partial charge in [0.1, 0.15) is 0 Å². The van der Waals surface area contributed by atoms with Crippen molar-refractivity contribution >= 4 is 17.5 Å². The first-order valence-corrected chi connectivity index (χ1v) is 7.13. The van der Waals surface area contributed by atoms with Crippen LogP contribution in [0.1, 0.15) is 30.4 Å². The molecule has 1 saturated carbocycles. The molecule has 0 aromatic heterocycles. The third-order valence-corrected chi connectivity index (χ3v) is 4.09. The number of aryl methyl sites for hydroxylation is 1. The number of benzene rings is 1. The van der Waals surface area contributed by atoms with Gasteiger partial charge in [-0.2, -0.15) is 0 Å². The highest BCUT2D eigenvalue weighted by Crippen LogP contribution is 2.26. The van der Waals surface area contributed by atoms with Crippen molar-refractivity contribution in [3.63, 3.8) is 0 Å². The summed E-state index contributed by atoms with van der Waals surface area (Å²) >= 11 is 5.91. The maximum atomic E-state index is 12.0. The normalized spacial score (nSPS) is 23.0. The zero-order valence-electron chi connectivity index (χ0n) is 10.8. The van der Waals surface area contributed by atoms with Gasteiger partial charge in [-0.05, 0) is 31.2 Å². The van der Waals surface area contributed by atoms with Gasteiger partial charge in [0.15, 0.2) is 0 Å². The summed E-state index contributed by atoms with van der Waals surface area (Å²) in [6.07, 6.45) is 3.84. The Labute approximate surface area is 114 Å². The van der Waals surface area contributed by atoms with Crippen LogP contribution < -0.4 is 5.32 Å². The molecule has 1 fully saturated rings. The molecule has 1 aliphatic carbocycles. The molecule has 0 spiro atoms. The fraction of sp³-hybridized carbons (Fsp3) is 0.533. The first-order chi connectivity index (χ1) is 8.69. The van der Waals surface area contributed by atoms with E-state index in [1.54, 1.807) is 0 Å². The van der Waals surface area contributed by atoms with Crippen LogP contribution in [0.3, 0.4) is 0 Å². The number of nitrogens with one attached hydrogen (secondary N) is 1. The molecule has 2 unspecified atom stereocenters. The second-order valence-electron chi connectivity index (χ2n) is 5.18. The molecule has 2 rings (SSSR count). The van der Waals surface area contributed by atoms with Gasteiger partial charge in [0.2, 0.25) is 5.91 Å². The minimum Gasteiger partial charge on any atom is -0.353 e. The quantitative estimate of drug-likeness (QED) is 0.833. The van der Waals surface area contributed by atoms with Crippen LogP contribution >= 0.6 is 11.6 Å². The third kappa shape index (κ3) is 3.49. The predicted octanol–water partition coefficient (Wildman–Crippen LogP) is 3.06. The molecular formula is C15H20ClNO. The molecule has 1 N–H and O–H groups in total. The lowest BCUT2D eigenvalue weighted by Crippen LogP contribution is -2.38. The van der Waals surface area contributed by atoms with Crippen LogP contribution in [0.4, 0.5) is 0 Å². The van der Waals surface area contributed by atoms with Crippen molar-refractivity contribution in [2.75, 3.05) is 5.88 Å². The fourth-order valence-electron chi connectivity index (χ4n) is 2.56. The summed E-state index contributed by atoms with van der Waals surface area (Å²) in [5.74, 6) is 1.21. The Balaban J connectivity index is 1.86. The molecule has 18 heavy (non-hydrogen) atoms. The van der Waals surface area contributed by atoms with Gasteiger partial charge in [-0.15, -0.1) is 11.6 Å². The lowest BCUT2D eigenvalue weighted by molar-refractivity contribution is -0.121. The zero-order chi connectivity index (χ0) is 13.0. The lowest BCUT2D eigenvalue weighted by atomic mass is 10.1. The molecular weight excluding hydrogens is 246 g/mol. The van der Waals surface area contributed by atoms with Gasteiger partial charge in [-0.25, -0.2) is 0 Å². The van der Waals surface area contributed by atoms with Gasteiger partial charge in [0.25, 0.3) is 0 Å². The molecule has 2 nitrogen and oxygen atoms in total. The monoisotopic (exact) mass is 265 g/mol. The van der Waals surface area contributed by atoms with E-state index in [9.17, 15) is 4.79 Å². The Morgan fingerprint density at radius 2 is 2.06 bits per heavy atom. The largest absolute Gasteiger partial charge is 0.353 e. The highest BCUT2D eigenvalue weighted by molar-refractivity contribution is 6.18.